The molecule has 1 aliphatic rings. The summed E-state index contributed by atoms with van der Waals surface area (Å²) in [5.41, 5.74) is 7.19. The molecule has 2 unspecified atom stereocenters. The molecule has 2 rings (SSSR count). The molecule has 1 saturated heterocycles. The van der Waals surface area contributed by atoms with E-state index < -0.39 is 0 Å². The minimum absolute atomic E-state index is 0.0735. The fraction of sp³-hybridized carbons (Fsp3) is 0.647. The van der Waals surface area contributed by atoms with E-state index in [1.807, 2.05) is 12.1 Å². The maximum absolute atomic E-state index is 5.89. The lowest BCUT2D eigenvalue weighted by molar-refractivity contribution is -0.105. The Morgan fingerprint density at radius 3 is 2.55 bits per heavy atom. The highest BCUT2D eigenvalue weighted by Gasteiger charge is 2.16. The molecule has 2 N–H and O–H groups in total. The van der Waals surface area contributed by atoms with Gasteiger partial charge in [-0.05, 0) is 55.3 Å². The topological polar surface area (TPSA) is 44.5 Å². The standard InChI is InChI=1S/C17H27NO2/c1-13(2)11-15(12-18)14-6-8-16(9-7-14)20-17-5-3-4-10-19-17/h6-9,13,15,17H,3-5,10-12,18H2,1-2H3. The quantitative estimate of drug-likeness (QED) is 0.862. The van der Waals surface area contributed by atoms with E-state index in [0.717, 1.165) is 31.6 Å². The molecular weight excluding hydrogens is 250 g/mol. The van der Waals surface area contributed by atoms with Crippen LogP contribution in [0.4, 0.5) is 0 Å². The molecule has 3 nitrogen and oxygen atoms in total. The molecule has 0 amide bonds. The molecule has 1 aromatic carbocycles. The smallest absolute Gasteiger partial charge is 0.199 e. The lowest BCUT2D eigenvalue weighted by Gasteiger charge is -2.24. The molecule has 0 saturated carbocycles. The van der Waals surface area contributed by atoms with Gasteiger partial charge in [0.2, 0.25) is 0 Å². The molecule has 0 aliphatic carbocycles. The van der Waals surface area contributed by atoms with Gasteiger partial charge in [0.05, 0.1) is 6.61 Å². The van der Waals surface area contributed by atoms with Crippen molar-refractivity contribution in [2.75, 3.05) is 13.2 Å². The Morgan fingerprint density at radius 1 is 1.25 bits per heavy atom. The van der Waals surface area contributed by atoms with E-state index in [2.05, 4.69) is 26.0 Å². The zero-order valence-electron chi connectivity index (χ0n) is 12.7. The van der Waals surface area contributed by atoms with Gasteiger partial charge in [0.15, 0.2) is 6.29 Å². The van der Waals surface area contributed by atoms with Gasteiger partial charge in [-0.25, -0.2) is 0 Å². The lowest BCUT2D eigenvalue weighted by Crippen LogP contribution is -2.25. The number of ether oxygens (including phenoxy) is 2. The predicted octanol–water partition coefficient (Wildman–Crippen LogP) is 3.68. The summed E-state index contributed by atoms with van der Waals surface area (Å²) in [5, 5.41) is 0. The first-order chi connectivity index (χ1) is 9.69. The van der Waals surface area contributed by atoms with Gasteiger partial charge in [-0.2, -0.15) is 0 Å². The minimum atomic E-state index is -0.0735. The molecule has 2 atom stereocenters. The van der Waals surface area contributed by atoms with Crippen LogP contribution in [0.1, 0.15) is 51.0 Å². The molecule has 0 aromatic heterocycles. The third kappa shape index (κ3) is 4.50. The number of hydrogen-bond donors (Lipinski definition) is 1. The Hall–Kier alpha value is -1.06. The molecule has 0 spiro atoms. The van der Waals surface area contributed by atoms with Crippen molar-refractivity contribution >= 4 is 0 Å². The maximum Gasteiger partial charge on any atom is 0.199 e. The van der Waals surface area contributed by atoms with Crippen molar-refractivity contribution in [3.63, 3.8) is 0 Å². The Bertz CT molecular complexity index is 382. The van der Waals surface area contributed by atoms with E-state index in [4.69, 9.17) is 15.2 Å². The van der Waals surface area contributed by atoms with E-state index in [-0.39, 0.29) is 6.29 Å². The lowest BCUT2D eigenvalue weighted by atomic mass is 9.90. The first-order valence-electron chi connectivity index (χ1n) is 7.77. The fourth-order valence-corrected chi connectivity index (χ4v) is 2.71. The van der Waals surface area contributed by atoms with Crippen molar-refractivity contribution in [1.29, 1.82) is 0 Å². The van der Waals surface area contributed by atoms with E-state index in [9.17, 15) is 0 Å². The summed E-state index contributed by atoms with van der Waals surface area (Å²) < 4.78 is 11.4. The van der Waals surface area contributed by atoms with Crippen molar-refractivity contribution in [2.45, 2.75) is 51.7 Å². The molecule has 1 fully saturated rings. The molecule has 20 heavy (non-hydrogen) atoms. The van der Waals surface area contributed by atoms with Crippen molar-refractivity contribution in [2.24, 2.45) is 11.7 Å². The third-order valence-corrected chi connectivity index (χ3v) is 3.80. The summed E-state index contributed by atoms with van der Waals surface area (Å²) in [6.07, 6.45) is 4.37. The Morgan fingerprint density at radius 2 is 2.00 bits per heavy atom. The van der Waals surface area contributed by atoms with Gasteiger partial charge in [0.1, 0.15) is 5.75 Å². The average molecular weight is 277 g/mol. The molecule has 0 bridgehead atoms. The van der Waals surface area contributed by atoms with Gasteiger partial charge in [-0.15, -0.1) is 0 Å². The monoisotopic (exact) mass is 277 g/mol. The van der Waals surface area contributed by atoms with Crippen LogP contribution >= 0.6 is 0 Å². The molecule has 1 heterocycles. The fourth-order valence-electron chi connectivity index (χ4n) is 2.71. The zero-order valence-corrected chi connectivity index (χ0v) is 12.7. The molecule has 1 aromatic rings. The Balaban J connectivity index is 1.94. The van der Waals surface area contributed by atoms with Crippen molar-refractivity contribution in [3.8, 4) is 5.75 Å². The second-order valence-electron chi connectivity index (χ2n) is 6.05. The summed E-state index contributed by atoms with van der Waals surface area (Å²) in [4.78, 5) is 0. The van der Waals surface area contributed by atoms with Crippen molar-refractivity contribution in [3.05, 3.63) is 29.8 Å². The van der Waals surface area contributed by atoms with Crippen LogP contribution in [-0.4, -0.2) is 19.4 Å². The van der Waals surface area contributed by atoms with Gasteiger partial charge in [-0.1, -0.05) is 26.0 Å². The second kappa shape index (κ2) is 7.65. The van der Waals surface area contributed by atoms with E-state index in [0.29, 0.717) is 18.4 Å². The van der Waals surface area contributed by atoms with Gasteiger partial charge in [-0.3, -0.25) is 0 Å². The normalized spacial score (nSPS) is 20.9. The second-order valence-corrected chi connectivity index (χ2v) is 6.05. The van der Waals surface area contributed by atoms with Crippen molar-refractivity contribution < 1.29 is 9.47 Å². The molecule has 112 valence electrons. The van der Waals surface area contributed by atoms with Gasteiger partial charge in [0, 0.05) is 6.42 Å². The average Bonchev–Trinajstić information content (AvgIpc) is 2.46. The summed E-state index contributed by atoms with van der Waals surface area (Å²) in [6, 6.07) is 8.35. The molecular formula is C17H27NO2. The van der Waals surface area contributed by atoms with Crippen molar-refractivity contribution in [1.82, 2.24) is 0 Å². The van der Waals surface area contributed by atoms with E-state index >= 15 is 0 Å². The summed E-state index contributed by atoms with van der Waals surface area (Å²) in [7, 11) is 0. The maximum atomic E-state index is 5.89. The Labute approximate surface area is 122 Å². The number of benzene rings is 1. The Kier molecular flexibility index (Phi) is 5.86. The van der Waals surface area contributed by atoms with Crippen LogP contribution in [0, 0.1) is 5.92 Å². The number of nitrogens with two attached hydrogens (primary N) is 1. The summed E-state index contributed by atoms with van der Waals surface area (Å²) >= 11 is 0. The van der Waals surface area contributed by atoms with Gasteiger partial charge in [0.25, 0.3) is 0 Å². The number of hydrogen-bond acceptors (Lipinski definition) is 3. The van der Waals surface area contributed by atoms with Crippen LogP contribution < -0.4 is 10.5 Å². The van der Waals surface area contributed by atoms with Crippen LogP contribution in [-0.2, 0) is 4.74 Å². The SMILES string of the molecule is CC(C)CC(CN)c1ccc(OC2CCCCO2)cc1. The molecule has 1 aliphatic heterocycles. The minimum Gasteiger partial charge on any atom is -0.465 e. The highest BCUT2D eigenvalue weighted by Crippen LogP contribution is 2.26. The van der Waals surface area contributed by atoms with E-state index in [1.54, 1.807) is 0 Å². The largest absolute Gasteiger partial charge is 0.465 e. The molecule has 0 radical (unpaired) electrons. The van der Waals surface area contributed by atoms with Gasteiger partial charge >= 0.3 is 0 Å². The first-order valence-corrected chi connectivity index (χ1v) is 7.77. The summed E-state index contributed by atoms with van der Waals surface area (Å²) in [6.45, 7) is 5.98. The predicted molar refractivity (Wildman–Crippen MR) is 81.9 cm³/mol. The highest BCUT2D eigenvalue weighted by molar-refractivity contribution is 5.29. The summed E-state index contributed by atoms with van der Waals surface area (Å²) in [5.74, 6) is 1.99. The molecule has 3 heteroatoms. The van der Waals surface area contributed by atoms with Crippen LogP contribution in [0.15, 0.2) is 24.3 Å². The van der Waals surface area contributed by atoms with Crippen LogP contribution in [0.5, 0.6) is 5.75 Å². The van der Waals surface area contributed by atoms with Crippen LogP contribution in [0.25, 0.3) is 0 Å². The zero-order chi connectivity index (χ0) is 14.4. The van der Waals surface area contributed by atoms with Gasteiger partial charge < -0.3 is 15.2 Å². The third-order valence-electron chi connectivity index (χ3n) is 3.80. The number of rotatable bonds is 6. The highest BCUT2D eigenvalue weighted by atomic mass is 16.7. The van der Waals surface area contributed by atoms with Crippen LogP contribution in [0.2, 0.25) is 0 Å². The first kappa shape index (κ1) is 15.3. The van der Waals surface area contributed by atoms with E-state index in [1.165, 1.54) is 12.0 Å². The van der Waals surface area contributed by atoms with Crippen LogP contribution in [0.3, 0.4) is 0 Å².